The van der Waals surface area contributed by atoms with Crippen LogP contribution in [0.3, 0.4) is 0 Å². The number of nitrogens with zero attached hydrogens (tertiary/aromatic N) is 3. The summed E-state index contributed by atoms with van der Waals surface area (Å²) in [5.41, 5.74) is 3.15. The summed E-state index contributed by atoms with van der Waals surface area (Å²) < 4.78 is 0. The molecule has 0 atom stereocenters. The molecule has 0 fully saturated rings. The first-order valence-corrected chi connectivity index (χ1v) is 10.9. The zero-order valence-electron chi connectivity index (χ0n) is 16.9. The Morgan fingerprint density at radius 3 is 2.00 bits per heavy atom. The number of carbonyl (C=O) groups is 1. The third kappa shape index (κ3) is 5.05. The number of hydrogen-bond donors (Lipinski definition) is 0. The molecule has 0 saturated carbocycles. The molecule has 30 heavy (non-hydrogen) atoms. The van der Waals surface area contributed by atoms with Crippen LogP contribution in [-0.4, -0.2) is 26.5 Å². The summed E-state index contributed by atoms with van der Waals surface area (Å²) in [7, 11) is 0. The summed E-state index contributed by atoms with van der Waals surface area (Å²) in [6.45, 7) is 3.05. The number of rotatable bonds is 7. The Balaban J connectivity index is 1.53. The first-order chi connectivity index (χ1) is 14.7. The number of aromatic nitrogens is 2. The van der Waals surface area contributed by atoms with Crippen molar-refractivity contribution in [2.24, 2.45) is 0 Å². The Morgan fingerprint density at radius 2 is 1.37 bits per heavy atom. The van der Waals surface area contributed by atoms with Crippen molar-refractivity contribution < 1.29 is 4.79 Å². The van der Waals surface area contributed by atoms with Gasteiger partial charge in [0.2, 0.25) is 5.91 Å². The van der Waals surface area contributed by atoms with Crippen molar-refractivity contribution >= 4 is 28.6 Å². The summed E-state index contributed by atoms with van der Waals surface area (Å²) in [4.78, 5) is 24.2. The van der Waals surface area contributed by atoms with E-state index in [-0.39, 0.29) is 5.91 Å². The maximum atomic E-state index is 13.2. The van der Waals surface area contributed by atoms with Crippen LogP contribution in [0.25, 0.3) is 10.9 Å². The molecule has 4 aromatic rings. The number of amides is 1. The molecule has 0 radical (unpaired) electrons. The lowest BCUT2D eigenvalue weighted by Gasteiger charge is -2.23. The molecule has 150 valence electrons. The smallest absolute Gasteiger partial charge is 0.233 e. The van der Waals surface area contributed by atoms with Crippen LogP contribution in [-0.2, 0) is 17.9 Å². The van der Waals surface area contributed by atoms with E-state index in [1.54, 1.807) is 0 Å². The van der Waals surface area contributed by atoms with Crippen molar-refractivity contribution in [3.63, 3.8) is 0 Å². The molecule has 1 heterocycles. The lowest BCUT2D eigenvalue weighted by molar-refractivity contribution is -0.129. The normalized spacial score (nSPS) is 10.8. The fraction of sp³-hybridized carbons (Fsp3) is 0.160. The molecular weight excluding hydrogens is 390 g/mol. The van der Waals surface area contributed by atoms with Gasteiger partial charge in [0, 0.05) is 18.5 Å². The van der Waals surface area contributed by atoms with Gasteiger partial charge in [0.05, 0.1) is 11.3 Å². The van der Waals surface area contributed by atoms with Crippen LogP contribution in [0.1, 0.15) is 17.0 Å². The third-order valence-corrected chi connectivity index (χ3v) is 5.77. The molecular formula is C25H23N3OS. The van der Waals surface area contributed by atoms with Crippen molar-refractivity contribution in [1.29, 1.82) is 0 Å². The second-order valence-corrected chi connectivity index (χ2v) is 8.07. The molecule has 4 rings (SSSR count). The molecule has 0 aliphatic heterocycles. The Bertz CT molecular complexity index is 1090. The predicted octanol–water partition coefficient (Wildman–Crippen LogP) is 5.26. The van der Waals surface area contributed by atoms with E-state index in [0.717, 1.165) is 27.1 Å². The highest BCUT2D eigenvalue weighted by Crippen LogP contribution is 2.26. The molecule has 1 aromatic heterocycles. The minimum atomic E-state index is 0.0908. The molecule has 3 aromatic carbocycles. The van der Waals surface area contributed by atoms with E-state index >= 15 is 0 Å². The van der Waals surface area contributed by atoms with Crippen molar-refractivity contribution in [3.05, 3.63) is 102 Å². The minimum Gasteiger partial charge on any atom is -0.333 e. The second kappa shape index (κ2) is 9.55. The van der Waals surface area contributed by atoms with E-state index in [9.17, 15) is 4.79 Å². The zero-order chi connectivity index (χ0) is 20.8. The fourth-order valence-corrected chi connectivity index (χ4v) is 4.30. The van der Waals surface area contributed by atoms with Gasteiger partial charge in [0.25, 0.3) is 0 Å². The van der Waals surface area contributed by atoms with E-state index in [1.165, 1.54) is 11.8 Å². The lowest BCUT2D eigenvalue weighted by atomic mass is 10.1. The Hall–Kier alpha value is -3.18. The predicted molar refractivity (Wildman–Crippen MR) is 122 cm³/mol. The van der Waals surface area contributed by atoms with Crippen molar-refractivity contribution in [2.75, 3.05) is 5.75 Å². The Labute approximate surface area is 181 Å². The first kappa shape index (κ1) is 20.1. The van der Waals surface area contributed by atoms with Gasteiger partial charge >= 0.3 is 0 Å². The van der Waals surface area contributed by atoms with E-state index < -0.39 is 0 Å². The van der Waals surface area contributed by atoms with Gasteiger partial charge in [-0.25, -0.2) is 9.97 Å². The van der Waals surface area contributed by atoms with Crippen molar-refractivity contribution in [1.82, 2.24) is 14.9 Å². The first-order valence-electron chi connectivity index (χ1n) is 9.91. The monoisotopic (exact) mass is 413 g/mol. The second-order valence-electron chi connectivity index (χ2n) is 7.10. The van der Waals surface area contributed by atoms with Gasteiger partial charge in [0.15, 0.2) is 0 Å². The topological polar surface area (TPSA) is 46.1 Å². The minimum absolute atomic E-state index is 0.0908. The van der Waals surface area contributed by atoms with Gasteiger partial charge in [-0.2, -0.15) is 0 Å². The van der Waals surface area contributed by atoms with Gasteiger partial charge in [-0.05, 0) is 24.1 Å². The van der Waals surface area contributed by atoms with Crippen LogP contribution in [0.4, 0.5) is 0 Å². The highest BCUT2D eigenvalue weighted by atomic mass is 32.2. The maximum Gasteiger partial charge on any atom is 0.233 e. The van der Waals surface area contributed by atoms with Crippen LogP contribution in [0.5, 0.6) is 0 Å². The van der Waals surface area contributed by atoms with Gasteiger partial charge < -0.3 is 4.90 Å². The van der Waals surface area contributed by atoms with Crippen molar-refractivity contribution in [2.45, 2.75) is 25.0 Å². The van der Waals surface area contributed by atoms with E-state index in [1.807, 2.05) is 72.5 Å². The standard InChI is InChI=1S/C25H23N3OS/c1-19-26-23-15-9-8-14-22(23)25(27-19)30-18-24(29)28(16-20-10-4-2-5-11-20)17-21-12-6-3-7-13-21/h2-15H,16-18H2,1H3. The van der Waals surface area contributed by atoms with Crippen LogP contribution in [0.15, 0.2) is 90.0 Å². The van der Waals surface area contributed by atoms with Crippen molar-refractivity contribution in [3.8, 4) is 0 Å². The molecule has 0 saturated heterocycles. The number of benzene rings is 3. The lowest BCUT2D eigenvalue weighted by Crippen LogP contribution is -2.31. The number of carbonyl (C=O) groups excluding carboxylic acids is 1. The SMILES string of the molecule is Cc1nc(SCC(=O)N(Cc2ccccc2)Cc2ccccc2)c2ccccc2n1. The highest BCUT2D eigenvalue weighted by Gasteiger charge is 2.16. The van der Waals surface area contributed by atoms with Crippen LogP contribution in [0.2, 0.25) is 0 Å². The maximum absolute atomic E-state index is 13.2. The average Bonchev–Trinajstić information content (AvgIpc) is 2.78. The molecule has 1 amide bonds. The average molecular weight is 414 g/mol. The van der Waals surface area contributed by atoms with Crippen LogP contribution >= 0.6 is 11.8 Å². The quantitative estimate of drug-likeness (QED) is 0.306. The summed E-state index contributed by atoms with van der Waals surface area (Å²) in [5.74, 6) is 1.14. The molecule has 0 spiro atoms. The fourth-order valence-electron chi connectivity index (χ4n) is 3.33. The third-order valence-electron chi connectivity index (χ3n) is 4.80. The summed E-state index contributed by atoms with van der Waals surface area (Å²) in [6.07, 6.45) is 0. The zero-order valence-corrected chi connectivity index (χ0v) is 17.7. The summed E-state index contributed by atoms with van der Waals surface area (Å²) >= 11 is 1.48. The molecule has 0 aliphatic carbocycles. The van der Waals surface area contributed by atoms with Gasteiger partial charge in [-0.1, -0.05) is 90.6 Å². The summed E-state index contributed by atoms with van der Waals surface area (Å²) in [6, 6.07) is 28.2. The molecule has 0 unspecified atom stereocenters. The van der Waals surface area contributed by atoms with Crippen LogP contribution < -0.4 is 0 Å². The number of aryl methyl sites for hydroxylation is 1. The molecule has 4 nitrogen and oxygen atoms in total. The van der Waals surface area contributed by atoms with Gasteiger partial charge in [-0.15, -0.1) is 0 Å². The highest BCUT2D eigenvalue weighted by molar-refractivity contribution is 8.00. The van der Waals surface area contributed by atoms with Gasteiger partial charge in [0.1, 0.15) is 10.9 Å². The molecule has 0 aliphatic rings. The number of fused-ring (bicyclic) bond motifs is 1. The number of thioether (sulfide) groups is 1. The number of para-hydroxylation sites is 1. The molecule has 5 heteroatoms. The van der Waals surface area contributed by atoms with Gasteiger partial charge in [-0.3, -0.25) is 4.79 Å². The Kier molecular flexibility index (Phi) is 6.40. The molecule has 0 bridgehead atoms. The largest absolute Gasteiger partial charge is 0.333 e. The Morgan fingerprint density at radius 1 is 0.800 bits per heavy atom. The molecule has 0 N–H and O–H groups in total. The van der Waals surface area contributed by atoms with E-state index in [4.69, 9.17) is 0 Å². The number of hydrogen-bond acceptors (Lipinski definition) is 4. The summed E-state index contributed by atoms with van der Waals surface area (Å²) in [5, 5.41) is 1.84. The van der Waals surface area contributed by atoms with E-state index in [0.29, 0.717) is 24.7 Å². The van der Waals surface area contributed by atoms with E-state index in [2.05, 4.69) is 34.2 Å². The van der Waals surface area contributed by atoms with Crippen LogP contribution in [0, 0.1) is 6.92 Å².